The molecule has 2 saturated carbocycles. The predicted octanol–water partition coefficient (Wildman–Crippen LogP) is 8.44. The van der Waals surface area contributed by atoms with Gasteiger partial charge in [-0.05, 0) is 97.7 Å². The maximum atomic E-state index is 12.5. The quantitative estimate of drug-likeness (QED) is 0.216. The Balaban J connectivity index is 1.25. The summed E-state index contributed by atoms with van der Waals surface area (Å²) in [4.78, 5) is 12.5. The second-order valence-corrected chi connectivity index (χ2v) is 10.6. The lowest BCUT2D eigenvalue weighted by Gasteiger charge is -2.42. The number of unbranched alkanes of at least 4 members (excludes halogenated alkanes) is 4. The SMILES string of the molecule is CCCCCCCC1CCC2CC(c3ccc(C(=O)Oc4ccc(C#N)cc4)cc3)CCC2C1. The largest absolute Gasteiger partial charge is 0.423 e. The van der Waals surface area contributed by atoms with Crippen molar-refractivity contribution in [3.8, 4) is 11.8 Å². The Morgan fingerprint density at radius 1 is 0.882 bits per heavy atom. The average Bonchev–Trinajstić information content (AvgIpc) is 2.88. The normalized spacial score (nSPS) is 24.1. The Morgan fingerprint density at radius 2 is 1.59 bits per heavy atom. The van der Waals surface area contributed by atoms with Gasteiger partial charge < -0.3 is 4.74 Å². The summed E-state index contributed by atoms with van der Waals surface area (Å²) in [6.45, 7) is 2.29. The maximum absolute atomic E-state index is 12.5. The number of benzene rings is 2. The van der Waals surface area contributed by atoms with Crippen molar-refractivity contribution in [1.29, 1.82) is 5.26 Å². The van der Waals surface area contributed by atoms with Crippen molar-refractivity contribution >= 4 is 5.97 Å². The Hall–Kier alpha value is -2.60. The molecule has 2 aliphatic carbocycles. The number of nitriles is 1. The highest BCUT2D eigenvalue weighted by Gasteiger charge is 2.35. The minimum Gasteiger partial charge on any atom is -0.423 e. The van der Waals surface area contributed by atoms with Gasteiger partial charge >= 0.3 is 5.97 Å². The fourth-order valence-electron chi connectivity index (χ4n) is 6.24. The van der Waals surface area contributed by atoms with Gasteiger partial charge in [0, 0.05) is 0 Å². The zero-order valence-electron chi connectivity index (χ0n) is 20.7. The van der Waals surface area contributed by atoms with Crippen LogP contribution in [-0.4, -0.2) is 5.97 Å². The molecule has 2 aliphatic rings. The second kappa shape index (κ2) is 12.2. The van der Waals surface area contributed by atoms with Crippen molar-refractivity contribution in [3.63, 3.8) is 0 Å². The number of esters is 1. The number of hydrogen-bond acceptors (Lipinski definition) is 3. The van der Waals surface area contributed by atoms with Gasteiger partial charge in [-0.15, -0.1) is 0 Å². The van der Waals surface area contributed by atoms with Crippen LogP contribution in [0.5, 0.6) is 5.75 Å². The molecule has 0 saturated heterocycles. The van der Waals surface area contributed by atoms with Crippen LogP contribution in [0.2, 0.25) is 0 Å². The van der Waals surface area contributed by atoms with Crippen LogP contribution in [0, 0.1) is 29.1 Å². The second-order valence-electron chi connectivity index (χ2n) is 10.6. The summed E-state index contributed by atoms with van der Waals surface area (Å²) in [5.74, 6) is 3.52. The van der Waals surface area contributed by atoms with E-state index < -0.39 is 0 Å². The third-order valence-electron chi connectivity index (χ3n) is 8.25. The summed E-state index contributed by atoms with van der Waals surface area (Å²) in [6.07, 6.45) is 16.7. The van der Waals surface area contributed by atoms with Crippen molar-refractivity contribution in [2.24, 2.45) is 17.8 Å². The molecule has 3 heteroatoms. The Kier molecular flexibility index (Phi) is 8.80. The molecule has 0 radical (unpaired) electrons. The van der Waals surface area contributed by atoms with Crippen molar-refractivity contribution < 1.29 is 9.53 Å². The van der Waals surface area contributed by atoms with E-state index in [4.69, 9.17) is 10.00 Å². The van der Waals surface area contributed by atoms with Gasteiger partial charge in [0.15, 0.2) is 0 Å². The molecule has 4 unspecified atom stereocenters. The number of hydrogen-bond donors (Lipinski definition) is 0. The molecular weight excluding hydrogens is 418 g/mol. The van der Waals surface area contributed by atoms with Gasteiger partial charge in [0.05, 0.1) is 17.2 Å². The van der Waals surface area contributed by atoms with Crippen molar-refractivity contribution in [1.82, 2.24) is 0 Å². The van der Waals surface area contributed by atoms with Crippen molar-refractivity contribution in [2.75, 3.05) is 0 Å². The molecule has 0 bridgehead atoms. The maximum Gasteiger partial charge on any atom is 0.343 e. The first-order valence-corrected chi connectivity index (χ1v) is 13.5. The fraction of sp³-hybridized carbons (Fsp3) is 0.548. The molecule has 2 aromatic rings. The average molecular weight is 458 g/mol. The first-order chi connectivity index (χ1) is 16.7. The minimum absolute atomic E-state index is 0.354. The molecule has 3 nitrogen and oxygen atoms in total. The lowest BCUT2D eigenvalue weighted by molar-refractivity contribution is 0.0734. The van der Waals surface area contributed by atoms with Gasteiger partial charge in [0.2, 0.25) is 0 Å². The molecule has 2 fully saturated rings. The smallest absolute Gasteiger partial charge is 0.343 e. The highest BCUT2D eigenvalue weighted by atomic mass is 16.5. The van der Waals surface area contributed by atoms with Crippen LogP contribution in [0.1, 0.15) is 111 Å². The van der Waals surface area contributed by atoms with Crippen molar-refractivity contribution in [2.45, 2.75) is 89.9 Å². The third-order valence-corrected chi connectivity index (χ3v) is 8.25. The van der Waals surface area contributed by atoms with E-state index in [-0.39, 0.29) is 5.97 Å². The van der Waals surface area contributed by atoms with Gasteiger partial charge in [0.1, 0.15) is 5.75 Å². The molecule has 180 valence electrons. The Labute approximate surface area is 205 Å². The topological polar surface area (TPSA) is 50.1 Å². The van der Waals surface area contributed by atoms with Gasteiger partial charge in [-0.2, -0.15) is 5.26 Å². The van der Waals surface area contributed by atoms with Crippen LogP contribution in [-0.2, 0) is 0 Å². The van der Waals surface area contributed by atoms with E-state index in [1.54, 1.807) is 24.3 Å². The van der Waals surface area contributed by atoms with Crippen LogP contribution in [0.25, 0.3) is 0 Å². The van der Waals surface area contributed by atoms with Gasteiger partial charge in [-0.1, -0.05) is 64.0 Å². The molecule has 34 heavy (non-hydrogen) atoms. The van der Waals surface area contributed by atoms with E-state index in [1.165, 1.54) is 82.6 Å². The monoisotopic (exact) mass is 457 g/mol. The summed E-state index contributed by atoms with van der Waals surface area (Å²) in [7, 11) is 0. The summed E-state index contributed by atoms with van der Waals surface area (Å²) in [5.41, 5.74) is 2.49. The summed E-state index contributed by atoms with van der Waals surface area (Å²) >= 11 is 0. The van der Waals surface area contributed by atoms with Crippen molar-refractivity contribution in [3.05, 3.63) is 65.2 Å². The van der Waals surface area contributed by atoms with E-state index in [1.807, 2.05) is 12.1 Å². The molecule has 4 rings (SSSR count). The van der Waals surface area contributed by atoms with E-state index >= 15 is 0 Å². The lowest BCUT2D eigenvalue weighted by atomic mass is 9.63. The highest BCUT2D eigenvalue weighted by molar-refractivity contribution is 5.91. The van der Waals surface area contributed by atoms with Crippen LogP contribution in [0.15, 0.2) is 48.5 Å². The molecule has 2 aromatic carbocycles. The molecule has 4 atom stereocenters. The van der Waals surface area contributed by atoms with Crippen LogP contribution >= 0.6 is 0 Å². The molecule has 0 spiro atoms. The zero-order chi connectivity index (χ0) is 23.8. The van der Waals surface area contributed by atoms with Gasteiger partial charge in [-0.25, -0.2) is 4.79 Å². The molecule has 0 aliphatic heterocycles. The summed E-state index contributed by atoms with van der Waals surface area (Å²) in [5, 5.41) is 8.89. The fourth-order valence-corrected chi connectivity index (χ4v) is 6.24. The van der Waals surface area contributed by atoms with Crippen LogP contribution in [0.3, 0.4) is 0 Å². The first kappa shape index (κ1) is 24.5. The third kappa shape index (κ3) is 6.50. The Morgan fingerprint density at radius 3 is 2.32 bits per heavy atom. The van der Waals surface area contributed by atoms with E-state index in [0.717, 1.165) is 17.8 Å². The van der Waals surface area contributed by atoms with E-state index in [9.17, 15) is 4.79 Å². The van der Waals surface area contributed by atoms with Gasteiger partial charge in [0.25, 0.3) is 0 Å². The predicted molar refractivity (Wildman–Crippen MR) is 137 cm³/mol. The number of carbonyl (C=O) groups is 1. The molecule has 0 aromatic heterocycles. The number of rotatable bonds is 9. The number of fused-ring (bicyclic) bond motifs is 1. The number of carbonyl (C=O) groups excluding carboxylic acids is 1. The molecular formula is C31H39NO2. The molecule has 0 amide bonds. The van der Waals surface area contributed by atoms with Gasteiger partial charge in [-0.3, -0.25) is 0 Å². The summed E-state index contributed by atoms with van der Waals surface area (Å²) in [6, 6.07) is 16.8. The van der Waals surface area contributed by atoms with Crippen LogP contribution < -0.4 is 4.74 Å². The first-order valence-electron chi connectivity index (χ1n) is 13.5. The Bertz CT molecular complexity index is 956. The number of ether oxygens (including phenoxy) is 1. The van der Waals surface area contributed by atoms with E-state index in [2.05, 4.69) is 25.1 Å². The summed E-state index contributed by atoms with van der Waals surface area (Å²) < 4.78 is 5.46. The van der Waals surface area contributed by atoms with E-state index in [0.29, 0.717) is 22.8 Å². The lowest BCUT2D eigenvalue weighted by Crippen LogP contribution is -2.30. The molecule has 0 heterocycles. The van der Waals surface area contributed by atoms with Crippen LogP contribution in [0.4, 0.5) is 0 Å². The molecule has 0 N–H and O–H groups in total. The number of nitrogens with zero attached hydrogens (tertiary/aromatic N) is 1. The zero-order valence-corrected chi connectivity index (χ0v) is 20.7. The highest BCUT2D eigenvalue weighted by Crippen LogP contribution is 2.48. The standard InChI is InChI=1S/C31H39NO2/c1-2-3-4-5-6-7-23-8-11-29-21-28(17-16-27(29)20-23)25-12-14-26(15-13-25)31(33)34-30-18-9-24(22-32)10-19-30/h9-10,12-15,18-19,23,27-29H,2-8,11,16-17,20-21H2,1H3. The minimum atomic E-state index is -0.354.